The van der Waals surface area contributed by atoms with E-state index in [1.807, 2.05) is 12.1 Å². The van der Waals surface area contributed by atoms with E-state index in [0.29, 0.717) is 10.4 Å². The summed E-state index contributed by atoms with van der Waals surface area (Å²) in [6, 6.07) is 5.33. The molecule has 76 valence electrons. The van der Waals surface area contributed by atoms with Gasteiger partial charge in [-0.25, -0.2) is 4.39 Å². The van der Waals surface area contributed by atoms with Crippen molar-refractivity contribution < 1.29 is 4.39 Å². The minimum Gasteiger partial charge on any atom is -0.206 e. The number of alkyl halides is 1. The van der Waals surface area contributed by atoms with Crippen LogP contribution in [0.4, 0.5) is 4.39 Å². The third-order valence-corrected chi connectivity index (χ3v) is 4.57. The lowest BCUT2D eigenvalue weighted by atomic mass is 9.96. The molecule has 0 saturated heterocycles. The van der Waals surface area contributed by atoms with Crippen LogP contribution in [0.5, 0.6) is 0 Å². The van der Waals surface area contributed by atoms with Crippen molar-refractivity contribution in [3.8, 4) is 0 Å². The average Bonchev–Trinajstić information content (AvgIpc) is 2.83. The first-order chi connectivity index (χ1) is 6.58. The molecule has 1 aliphatic rings. The van der Waals surface area contributed by atoms with Crippen LogP contribution in [0.15, 0.2) is 22.7 Å². The summed E-state index contributed by atoms with van der Waals surface area (Å²) < 4.78 is 13.6. The van der Waals surface area contributed by atoms with Crippen molar-refractivity contribution in [1.82, 2.24) is 0 Å². The van der Waals surface area contributed by atoms with E-state index in [0.717, 1.165) is 5.33 Å². The number of rotatable bonds is 2. The van der Waals surface area contributed by atoms with Crippen LogP contribution in [-0.2, 0) is 5.41 Å². The second-order valence-electron chi connectivity index (χ2n) is 4.10. The van der Waals surface area contributed by atoms with E-state index in [1.165, 1.54) is 18.1 Å². The van der Waals surface area contributed by atoms with E-state index in [1.54, 1.807) is 0 Å². The van der Waals surface area contributed by atoms with Gasteiger partial charge >= 0.3 is 0 Å². The van der Waals surface area contributed by atoms with Crippen LogP contribution in [0.25, 0.3) is 0 Å². The quantitative estimate of drug-likeness (QED) is 0.714. The number of halogens is 3. The topological polar surface area (TPSA) is 0 Å². The Bertz CT molecular complexity index is 364. The van der Waals surface area contributed by atoms with Crippen molar-refractivity contribution in [3.63, 3.8) is 0 Å². The van der Waals surface area contributed by atoms with Crippen molar-refractivity contribution in [2.75, 3.05) is 5.33 Å². The van der Waals surface area contributed by atoms with Gasteiger partial charge in [-0.2, -0.15) is 0 Å². The molecule has 0 heterocycles. The van der Waals surface area contributed by atoms with Gasteiger partial charge in [0.25, 0.3) is 0 Å². The molecule has 0 N–H and O–H groups in total. The van der Waals surface area contributed by atoms with Gasteiger partial charge in [0.15, 0.2) is 0 Å². The Balaban J connectivity index is 2.31. The molecule has 1 aliphatic carbocycles. The largest absolute Gasteiger partial charge is 0.206 e. The SMILES string of the molecule is CC1(c2ccc(F)c(Br)c2)CC1CBr. The average molecular weight is 322 g/mol. The van der Waals surface area contributed by atoms with Crippen molar-refractivity contribution in [1.29, 1.82) is 0 Å². The third kappa shape index (κ3) is 1.65. The van der Waals surface area contributed by atoms with Gasteiger partial charge in [0.2, 0.25) is 0 Å². The summed E-state index contributed by atoms with van der Waals surface area (Å²) in [7, 11) is 0. The van der Waals surface area contributed by atoms with Gasteiger partial charge in [0, 0.05) is 5.33 Å². The zero-order chi connectivity index (χ0) is 10.3. The van der Waals surface area contributed by atoms with Gasteiger partial charge in [0.05, 0.1) is 4.47 Å². The van der Waals surface area contributed by atoms with Crippen LogP contribution in [0.2, 0.25) is 0 Å². The molecule has 14 heavy (non-hydrogen) atoms. The first-order valence-corrected chi connectivity index (χ1v) is 6.51. The molecule has 0 amide bonds. The number of hydrogen-bond donors (Lipinski definition) is 0. The monoisotopic (exact) mass is 320 g/mol. The van der Waals surface area contributed by atoms with E-state index in [2.05, 4.69) is 38.8 Å². The maximum absolute atomic E-state index is 13.0. The first-order valence-electron chi connectivity index (χ1n) is 4.59. The van der Waals surface area contributed by atoms with Crippen molar-refractivity contribution in [3.05, 3.63) is 34.1 Å². The number of benzene rings is 1. The minimum atomic E-state index is -0.187. The highest BCUT2D eigenvalue weighted by molar-refractivity contribution is 9.10. The molecule has 0 radical (unpaired) electrons. The fraction of sp³-hybridized carbons (Fsp3) is 0.455. The molecule has 1 aromatic rings. The highest BCUT2D eigenvalue weighted by Gasteiger charge is 2.50. The van der Waals surface area contributed by atoms with Crippen LogP contribution >= 0.6 is 31.9 Å². The molecule has 0 bridgehead atoms. The van der Waals surface area contributed by atoms with E-state index in [4.69, 9.17) is 0 Å². The molecule has 1 saturated carbocycles. The molecular formula is C11H11Br2F. The van der Waals surface area contributed by atoms with Crippen molar-refractivity contribution in [2.45, 2.75) is 18.8 Å². The lowest BCUT2D eigenvalue weighted by Gasteiger charge is -2.11. The van der Waals surface area contributed by atoms with E-state index in [9.17, 15) is 4.39 Å². The zero-order valence-electron chi connectivity index (χ0n) is 7.86. The summed E-state index contributed by atoms with van der Waals surface area (Å²) in [5, 5.41) is 1.03. The molecular weight excluding hydrogens is 311 g/mol. The Hall–Kier alpha value is 0.110. The Kier molecular flexibility index (Phi) is 2.73. The van der Waals surface area contributed by atoms with Crippen LogP contribution in [0, 0.1) is 11.7 Å². The minimum absolute atomic E-state index is 0.187. The molecule has 2 atom stereocenters. The molecule has 1 fully saturated rings. The van der Waals surface area contributed by atoms with Gasteiger partial charge in [-0.05, 0) is 51.4 Å². The normalized spacial score (nSPS) is 30.4. The summed E-state index contributed by atoms with van der Waals surface area (Å²) in [6.07, 6.45) is 1.19. The fourth-order valence-electron chi connectivity index (χ4n) is 1.88. The lowest BCUT2D eigenvalue weighted by molar-refractivity contribution is 0.616. The molecule has 2 unspecified atom stereocenters. The maximum Gasteiger partial charge on any atom is 0.137 e. The van der Waals surface area contributed by atoms with Gasteiger partial charge in [-0.15, -0.1) is 0 Å². The molecule has 0 aromatic heterocycles. The second kappa shape index (κ2) is 3.60. The second-order valence-corrected chi connectivity index (χ2v) is 5.60. The molecule has 0 spiro atoms. The number of hydrogen-bond acceptors (Lipinski definition) is 0. The smallest absolute Gasteiger partial charge is 0.137 e. The maximum atomic E-state index is 13.0. The molecule has 2 rings (SSSR count). The van der Waals surface area contributed by atoms with Crippen LogP contribution in [-0.4, -0.2) is 5.33 Å². The van der Waals surface area contributed by atoms with Gasteiger partial charge in [-0.1, -0.05) is 28.9 Å². The van der Waals surface area contributed by atoms with Gasteiger partial charge < -0.3 is 0 Å². The van der Waals surface area contributed by atoms with E-state index in [-0.39, 0.29) is 11.2 Å². The highest BCUT2D eigenvalue weighted by atomic mass is 79.9. The van der Waals surface area contributed by atoms with Crippen LogP contribution in [0.3, 0.4) is 0 Å². The predicted octanol–water partition coefficient (Wildman–Crippen LogP) is 4.26. The Morgan fingerprint density at radius 2 is 2.29 bits per heavy atom. The molecule has 0 aliphatic heterocycles. The summed E-state index contributed by atoms with van der Waals surface area (Å²) in [5.74, 6) is 0.508. The Morgan fingerprint density at radius 3 is 2.79 bits per heavy atom. The van der Waals surface area contributed by atoms with Crippen molar-refractivity contribution >= 4 is 31.9 Å². The van der Waals surface area contributed by atoms with Gasteiger partial charge in [0.1, 0.15) is 5.82 Å². The lowest BCUT2D eigenvalue weighted by Crippen LogP contribution is -2.05. The molecule has 3 heteroatoms. The van der Waals surface area contributed by atoms with E-state index < -0.39 is 0 Å². The van der Waals surface area contributed by atoms with Crippen molar-refractivity contribution in [2.24, 2.45) is 5.92 Å². The predicted molar refractivity (Wildman–Crippen MR) is 63.4 cm³/mol. The molecule has 0 nitrogen and oxygen atoms in total. The van der Waals surface area contributed by atoms with Crippen LogP contribution < -0.4 is 0 Å². The highest BCUT2D eigenvalue weighted by Crippen LogP contribution is 2.54. The Labute approximate surface area is 100 Å². The van der Waals surface area contributed by atoms with Gasteiger partial charge in [-0.3, -0.25) is 0 Å². The summed E-state index contributed by atoms with van der Waals surface area (Å²) in [5.41, 5.74) is 1.48. The van der Waals surface area contributed by atoms with Crippen LogP contribution in [0.1, 0.15) is 18.9 Å². The molecule has 1 aromatic carbocycles. The fourth-order valence-corrected chi connectivity index (χ4v) is 3.20. The first kappa shape index (κ1) is 10.6. The summed E-state index contributed by atoms with van der Waals surface area (Å²) in [4.78, 5) is 0. The van der Waals surface area contributed by atoms with E-state index >= 15 is 0 Å². The Morgan fingerprint density at radius 1 is 1.57 bits per heavy atom. The zero-order valence-corrected chi connectivity index (χ0v) is 11.0. The standard InChI is InChI=1S/C11H11Br2F/c1-11(5-8(11)6-12)7-2-3-10(14)9(13)4-7/h2-4,8H,5-6H2,1H3. The summed E-state index contributed by atoms with van der Waals surface area (Å²) >= 11 is 6.72. The third-order valence-electron chi connectivity index (χ3n) is 3.18. The summed E-state index contributed by atoms with van der Waals surface area (Å²) in [6.45, 7) is 2.23.